The molecule has 0 radical (unpaired) electrons. The summed E-state index contributed by atoms with van der Waals surface area (Å²) in [5.41, 5.74) is -0.319. The molecule has 0 aromatic heterocycles. The number of ether oxygens (including phenoxy) is 1. The van der Waals surface area contributed by atoms with E-state index in [2.05, 4.69) is 27.7 Å². The van der Waals surface area contributed by atoms with Crippen molar-refractivity contribution in [1.29, 1.82) is 0 Å². The smallest absolute Gasteiger partial charge is 0.306 e. The Morgan fingerprint density at radius 1 is 1.11 bits per heavy atom. The minimum Gasteiger partial charge on any atom is -0.460 e. The van der Waals surface area contributed by atoms with Crippen LogP contribution in [0.25, 0.3) is 0 Å². The number of rotatable bonds is 3. The van der Waals surface area contributed by atoms with Crippen LogP contribution >= 0.6 is 0 Å². The van der Waals surface area contributed by atoms with Gasteiger partial charge in [-0.2, -0.15) is 0 Å². The van der Waals surface area contributed by atoms with Gasteiger partial charge >= 0.3 is 5.97 Å². The van der Waals surface area contributed by atoms with Crippen molar-refractivity contribution in [2.24, 2.45) is 22.7 Å². The highest BCUT2D eigenvalue weighted by atomic mass is 16.6. The molecule has 0 aliphatic heterocycles. The molecule has 3 heteroatoms. The maximum Gasteiger partial charge on any atom is 0.306 e. The molecule has 1 N–H and O–H groups in total. The first-order valence-corrected chi connectivity index (χ1v) is 6.76. The topological polar surface area (TPSA) is 46.5 Å². The Morgan fingerprint density at radius 2 is 1.56 bits per heavy atom. The molecular weight excluding hydrogens is 228 g/mol. The zero-order valence-electron chi connectivity index (χ0n) is 12.8. The van der Waals surface area contributed by atoms with Crippen LogP contribution in [0.1, 0.15) is 54.9 Å². The molecule has 1 rings (SSSR count). The highest BCUT2D eigenvalue weighted by Crippen LogP contribution is 2.65. The number of aliphatic hydroxyl groups excluding tert-OH is 1. The second-order valence-electron chi connectivity index (χ2n) is 7.63. The molecule has 18 heavy (non-hydrogen) atoms. The van der Waals surface area contributed by atoms with Crippen LogP contribution in [0.2, 0.25) is 0 Å². The summed E-state index contributed by atoms with van der Waals surface area (Å²) < 4.78 is 5.38. The van der Waals surface area contributed by atoms with E-state index in [9.17, 15) is 9.90 Å². The lowest BCUT2D eigenvalue weighted by molar-refractivity contribution is -0.197. The summed E-state index contributed by atoms with van der Waals surface area (Å²) in [7, 11) is 0. The first kappa shape index (κ1) is 15.5. The van der Waals surface area contributed by atoms with Crippen molar-refractivity contribution >= 4 is 5.97 Å². The van der Waals surface area contributed by atoms with Crippen LogP contribution in [0.3, 0.4) is 0 Å². The maximum atomic E-state index is 11.9. The molecule has 0 spiro atoms. The van der Waals surface area contributed by atoms with Crippen molar-refractivity contribution in [3.63, 3.8) is 0 Å². The van der Waals surface area contributed by atoms with Gasteiger partial charge in [0.05, 0.1) is 0 Å². The fraction of sp³-hybridized carbons (Fsp3) is 0.933. The average molecular weight is 256 g/mol. The third-order valence-electron chi connectivity index (χ3n) is 5.00. The van der Waals surface area contributed by atoms with Gasteiger partial charge in [0, 0.05) is 13.0 Å². The molecule has 0 aromatic rings. The fourth-order valence-corrected chi connectivity index (χ4v) is 3.18. The summed E-state index contributed by atoms with van der Waals surface area (Å²) in [4.78, 5) is 11.9. The Kier molecular flexibility index (Phi) is 3.89. The molecule has 1 aliphatic carbocycles. The molecule has 1 saturated carbocycles. The van der Waals surface area contributed by atoms with E-state index in [0.29, 0.717) is 6.42 Å². The van der Waals surface area contributed by atoms with Gasteiger partial charge in [0.2, 0.25) is 0 Å². The van der Waals surface area contributed by atoms with E-state index in [0.717, 1.165) is 0 Å². The van der Waals surface area contributed by atoms with Crippen molar-refractivity contribution in [1.82, 2.24) is 0 Å². The summed E-state index contributed by atoms with van der Waals surface area (Å²) in [6, 6.07) is 0. The Hall–Kier alpha value is -0.570. The molecule has 0 amide bonds. The van der Waals surface area contributed by atoms with Gasteiger partial charge in [-0.05, 0) is 43.4 Å². The number of hydrogen-bond donors (Lipinski definition) is 1. The predicted octanol–water partition coefficient (Wildman–Crippen LogP) is 3.01. The van der Waals surface area contributed by atoms with Gasteiger partial charge in [-0.3, -0.25) is 4.79 Å². The highest BCUT2D eigenvalue weighted by molar-refractivity contribution is 5.70. The number of esters is 1. The summed E-state index contributed by atoms with van der Waals surface area (Å²) in [6.45, 7) is 14.5. The third kappa shape index (κ3) is 2.56. The molecule has 1 aliphatic rings. The zero-order chi connectivity index (χ0) is 14.4. The number of carbonyl (C=O) groups is 1. The molecule has 0 saturated heterocycles. The summed E-state index contributed by atoms with van der Waals surface area (Å²) in [5.74, 6) is 0.224. The average Bonchev–Trinajstić information content (AvgIpc) is 2.13. The lowest BCUT2D eigenvalue weighted by Crippen LogP contribution is -2.61. The summed E-state index contributed by atoms with van der Waals surface area (Å²) >= 11 is 0. The van der Waals surface area contributed by atoms with Crippen LogP contribution in [0.4, 0.5) is 0 Å². The summed E-state index contributed by atoms with van der Waals surface area (Å²) in [5, 5.41) is 9.52. The van der Waals surface area contributed by atoms with E-state index in [-0.39, 0.29) is 35.2 Å². The zero-order valence-corrected chi connectivity index (χ0v) is 12.8. The standard InChI is InChI=1S/C15H28O3/c1-13(2,3)18-12(17)8-10-11(9-16)15(6,7)14(10,4)5/h10-11,16H,8-9H2,1-7H3/t10-,11-/m0/s1. The number of carbonyl (C=O) groups excluding carboxylic acids is 1. The molecule has 1 fully saturated rings. The monoisotopic (exact) mass is 256 g/mol. The molecule has 2 atom stereocenters. The van der Waals surface area contributed by atoms with Crippen molar-refractivity contribution in [3.05, 3.63) is 0 Å². The second-order valence-corrected chi connectivity index (χ2v) is 7.63. The van der Waals surface area contributed by atoms with Gasteiger partial charge in [0.1, 0.15) is 5.60 Å². The lowest BCUT2D eigenvalue weighted by atomic mass is 9.40. The first-order chi connectivity index (χ1) is 7.93. The van der Waals surface area contributed by atoms with E-state index in [1.165, 1.54) is 0 Å². The van der Waals surface area contributed by atoms with Crippen molar-refractivity contribution in [3.8, 4) is 0 Å². The Labute approximate surface area is 111 Å². The fourth-order valence-electron chi connectivity index (χ4n) is 3.18. The summed E-state index contributed by atoms with van der Waals surface area (Å²) in [6.07, 6.45) is 0.402. The predicted molar refractivity (Wildman–Crippen MR) is 72.1 cm³/mol. The SMILES string of the molecule is CC(C)(C)OC(=O)C[C@H]1[C@H](CO)C(C)(C)C1(C)C. The Bertz CT molecular complexity index is 323. The van der Waals surface area contributed by atoms with Gasteiger partial charge in [0.15, 0.2) is 0 Å². The third-order valence-corrected chi connectivity index (χ3v) is 5.00. The van der Waals surface area contributed by atoms with Crippen LogP contribution in [0.15, 0.2) is 0 Å². The molecule has 0 bridgehead atoms. The number of hydrogen-bond acceptors (Lipinski definition) is 3. The van der Waals surface area contributed by atoms with E-state index in [1.54, 1.807) is 0 Å². The Balaban J connectivity index is 2.71. The van der Waals surface area contributed by atoms with Gasteiger partial charge in [-0.25, -0.2) is 0 Å². The highest BCUT2D eigenvalue weighted by Gasteiger charge is 2.61. The van der Waals surface area contributed by atoms with E-state index < -0.39 is 5.60 Å². The largest absolute Gasteiger partial charge is 0.460 e. The second kappa shape index (κ2) is 4.52. The van der Waals surface area contributed by atoms with Crippen molar-refractivity contribution in [2.45, 2.75) is 60.5 Å². The van der Waals surface area contributed by atoms with Crippen LogP contribution < -0.4 is 0 Å². The van der Waals surface area contributed by atoms with Crippen LogP contribution in [0.5, 0.6) is 0 Å². The molecule has 0 heterocycles. The van der Waals surface area contributed by atoms with Crippen LogP contribution in [0, 0.1) is 22.7 Å². The normalized spacial score (nSPS) is 29.6. The minimum atomic E-state index is -0.435. The van der Waals surface area contributed by atoms with Crippen molar-refractivity contribution < 1.29 is 14.6 Å². The van der Waals surface area contributed by atoms with Gasteiger partial charge < -0.3 is 9.84 Å². The minimum absolute atomic E-state index is 0.0529. The maximum absolute atomic E-state index is 11.9. The molecule has 0 aromatic carbocycles. The quantitative estimate of drug-likeness (QED) is 0.790. The molecular formula is C15H28O3. The van der Waals surface area contributed by atoms with Gasteiger partial charge in [-0.1, -0.05) is 27.7 Å². The first-order valence-electron chi connectivity index (χ1n) is 6.76. The van der Waals surface area contributed by atoms with Crippen LogP contribution in [-0.4, -0.2) is 23.3 Å². The molecule has 106 valence electrons. The number of aliphatic hydroxyl groups is 1. The van der Waals surface area contributed by atoms with Gasteiger partial charge in [0.25, 0.3) is 0 Å². The van der Waals surface area contributed by atoms with E-state index in [1.807, 2.05) is 20.8 Å². The Morgan fingerprint density at radius 3 is 1.94 bits per heavy atom. The van der Waals surface area contributed by atoms with E-state index in [4.69, 9.17) is 4.74 Å². The van der Waals surface area contributed by atoms with Gasteiger partial charge in [-0.15, -0.1) is 0 Å². The molecule has 3 nitrogen and oxygen atoms in total. The van der Waals surface area contributed by atoms with Crippen LogP contribution in [-0.2, 0) is 9.53 Å². The van der Waals surface area contributed by atoms with Crippen molar-refractivity contribution in [2.75, 3.05) is 6.61 Å². The van der Waals surface area contributed by atoms with E-state index >= 15 is 0 Å². The lowest BCUT2D eigenvalue weighted by Gasteiger charge is -2.64. The molecule has 0 unspecified atom stereocenters.